The minimum atomic E-state index is -0.395. The monoisotopic (exact) mass is 214 g/mol. The molecule has 0 aliphatic heterocycles. The number of benzene rings is 1. The summed E-state index contributed by atoms with van der Waals surface area (Å²) in [5.41, 5.74) is 1.83. The smallest absolute Gasteiger partial charge is 0.243 e. The molecule has 0 spiro atoms. The highest BCUT2D eigenvalue weighted by atomic mass is 16.6. The summed E-state index contributed by atoms with van der Waals surface area (Å²) in [5.74, 6) is 0. The molecule has 0 N–H and O–H groups in total. The number of fused-ring (bicyclic) bond motifs is 1. The van der Waals surface area contributed by atoms with Crippen molar-refractivity contribution in [2.75, 3.05) is 0 Å². The van der Waals surface area contributed by atoms with Gasteiger partial charge in [-0.1, -0.05) is 12.1 Å². The van der Waals surface area contributed by atoms with Gasteiger partial charge in [-0.3, -0.25) is 15.1 Å². The predicted molar refractivity (Wildman–Crippen MR) is 62.4 cm³/mol. The van der Waals surface area contributed by atoms with Crippen molar-refractivity contribution in [3.63, 3.8) is 0 Å². The van der Waals surface area contributed by atoms with E-state index in [4.69, 9.17) is 0 Å². The first-order chi connectivity index (χ1) is 7.66. The topological polar surface area (TPSA) is 56.0 Å². The van der Waals surface area contributed by atoms with E-state index in [1.807, 2.05) is 30.3 Å². The molecule has 2 rings (SSSR count). The van der Waals surface area contributed by atoms with Crippen LogP contribution in [0.1, 0.15) is 12.5 Å². The predicted octanol–water partition coefficient (Wildman–Crippen LogP) is 2.87. The molecule has 16 heavy (non-hydrogen) atoms. The van der Waals surface area contributed by atoms with Crippen LogP contribution in [0.15, 0.2) is 42.2 Å². The summed E-state index contributed by atoms with van der Waals surface area (Å²) in [7, 11) is 0. The minimum absolute atomic E-state index is 0.128. The van der Waals surface area contributed by atoms with E-state index in [1.54, 1.807) is 12.3 Å². The van der Waals surface area contributed by atoms with Crippen LogP contribution in [-0.2, 0) is 0 Å². The van der Waals surface area contributed by atoms with Gasteiger partial charge < -0.3 is 0 Å². The van der Waals surface area contributed by atoms with Gasteiger partial charge in [0.05, 0.1) is 10.4 Å². The van der Waals surface area contributed by atoms with Gasteiger partial charge in [-0.2, -0.15) is 0 Å². The van der Waals surface area contributed by atoms with Crippen LogP contribution in [0.5, 0.6) is 0 Å². The summed E-state index contributed by atoms with van der Waals surface area (Å²) in [6.45, 7) is 1.48. The molecule has 0 saturated heterocycles. The van der Waals surface area contributed by atoms with Crippen molar-refractivity contribution in [1.29, 1.82) is 0 Å². The molecule has 4 heteroatoms. The molecular weight excluding hydrogens is 204 g/mol. The molecule has 0 saturated carbocycles. The lowest BCUT2D eigenvalue weighted by atomic mass is 10.1. The highest BCUT2D eigenvalue weighted by molar-refractivity contribution is 5.81. The van der Waals surface area contributed by atoms with Crippen molar-refractivity contribution in [1.82, 2.24) is 4.98 Å². The van der Waals surface area contributed by atoms with E-state index in [2.05, 4.69) is 4.98 Å². The quantitative estimate of drug-likeness (QED) is 0.570. The molecule has 0 aliphatic rings. The van der Waals surface area contributed by atoms with Gasteiger partial charge in [0.15, 0.2) is 0 Å². The fourth-order valence-corrected chi connectivity index (χ4v) is 1.48. The number of rotatable bonds is 2. The number of allylic oxidation sites excluding steroid dienone is 1. The van der Waals surface area contributed by atoms with Gasteiger partial charge in [-0.05, 0) is 23.8 Å². The molecule has 2 aromatic rings. The number of nitro groups is 1. The minimum Gasteiger partial charge on any atom is -0.259 e. The molecule has 80 valence electrons. The SMILES string of the molecule is CC(=Cc1ccc2ncccc2c1)[N+](=O)[O-]. The van der Waals surface area contributed by atoms with Crippen molar-refractivity contribution in [2.24, 2.45) is 0 Å². The maximum Gasteiger partial charge on any atom is 0.243 e. The first kappa shape index (κ1) is 10.3. The van der Waals surface area contributed by atoms with Crippen LogP contribution < -0.4 is 0 Å². The summed E-state index contributed by atoms with van der Waals surface area (Å²) in [6.07, 6.45) is 3.27. The average molecular weight is 214 g/mol. The number of pyridine rings is 1. The lowest BCUT2D eigenvalue weighted by molar-refractivity contribution is -0.422. The van der Waals surface area contributed by atoms with Gasteiger partial charge in [0.1, 0.15) is 0 Å². The summed E-state index contributed by atoms with van der Waals surface area (Å²) in [6, 6.07) is 9.34. The second kappa shape index (κ2) is 4.10. The molecule has 0 amide bonds. The lowest BCUT2D eigenvalue weighted by Crippen LogP contribution is -1.92. The van der Waals surface area contributed by atoms with Crippen molar-refractivity contribution in [2.45, 2.75) is 6.92 Å². The Bertz CT molecular complexity index is 576. The zero-order chi connectivity index (χ0) is 11.5. The maximum atomic E-state index is 10.5. The molecular formula is C12H10N2O2. The lowest BCUT2D eigenvalue weighted by Gasteiger charge is -1.98. The number of hydrogen-bond acceptors (Lipinski definition) is 3. The second-order valence-corrected chi connectivity index (χ2v) is 3.50. The fourth-order valence-electron chi connectivity index (χ4n) is 1.48. The van der Waals surface area contributed by atoms with Gasteiger partial charge in [0.2, 0.25) is 5.70 Å². The van der Waals surface area contributed by atoms with Crippen molar-refractivity contribution in [3.8, 4) is 0 Å². The largest absolute Gasteiger partial charge is 0.259 e. The maximum absolute atomic E-state index is 10.5. The van der Waals surface area contributed by atoms with Gasteiger partial charge in [-0.25, -0.2) is 0 Å². The van der Waals surface area contributed by atoms with Crippen LogP contribution in [0.25, 0.3) is 17.0 Å². The van der Waals surface area contributed by atoms with Crippen LogP contribution in [0.2, 0.25) is 0 Å². The van der Waals surface area contributed by atoms with E-state index >= 15 is 0 Å². The number of aromatic nitrogens is 1. The molecule has 1 aromatic heterocycles. The van der Waals surface area contributed by atoms with Gasteiger partial charge >= 0.3 is 0 Å². The normalized spacial score (nSPS) is 11.7. The van der Waals surface area contributed by atoms with Crippen LogP contribution in [0, 0.1) is 10.1 Å². The van der Waals surface area contributed by atoms with Gasteiger partial charge in [0, 0.05) is 24.6 Å². The Morgan fingerprint density at radius 3 is 3.00 bits per heavy atom. The van der Waals surface area contributed by atoms with Crippen LogP contribution in [0.4, 0.5) is 0 Å². The van der Waals surface area contributed by atoms with E-state index in [9.17, 15) is 10.1 Å². The fraction of sp³-hybridized carbons (Fsp3) is 0.0833. The van der Waals surface area contributed by atoms with E-state index < -0.39 is 4.92 Å². The molecule has 4 nitrogen and oxygen atoms in total. The van der Waals surface area contributed by atoms with E-state index in [1.165, 1.54) is 6.92 Å². The number of nitrogens with zero attached hydrogens (tertiary/aromatic N) is 2. The van der Waals surface area contributed by atoms with E-state index in [0.717, 1.165) is 16.5 Å². The van der Waals surface area contributed by atoms with Crippen molar-refractivity contribution >= 4 is 17.0 Å². The second-order valence-electron chi connectivity index (χ2n) is 3.50. The zero-order valence-corrected chi connectivity index (χ0v) is 8.75. The van der Waals surface area contributed by atoms with Crippen LogP contribution in [-0.4, -0.2) is 9.91 Å². The molecule has 0 unspecified atom stereocenters. The Balaban J connectivity index is 2.47. The molecule has 0 fully saturated rings. The number of hydrogen-bond donors (Lipinski definition) is 0. The van der Waals surface area contributed by atoms with Crippen LogP contribution >= 0.6 is 0 Å². The Kier molecular flexibility index (Phi) is 2.64. The molecule has 1 heterocycles. The Labute approximate surface area is 92.4 Å². The summed E-state index contributed by atoms with van der Waals surface area (Å²) < 4.78 is 0. The third-order valence-corrected chi connectivity index (χ3v) is 2.29. The van der Waals surface area contributed by atoms with Gasteiger partial charge in [0.25, 0.3) is 0 Å². The third-order valence-electron chi connectivity index (χ3n) is 2.29. The molecule has 1 aromatic carbocycles. The average Bonchev–Trinajstić information content (AvgIpc) is 2.28. The highest BCUT2D eigenvalue weighted by Gasteiger charge is 2.02. The highest BCUT2D eigenvalue weighted by Crippen LogP contribution is 2.15. The summed E-state index contributed by atoms with van der Waals surface area (Å²) in [5, 5.41) is 11.5. The summed E-state index contributed by atoms with van der Waals surface area (Å²) >= 11 is 0. The first-order valence-corrected chi connectivity index (χ1v) is 4.84. The van der Waals surface area contributed by atoms with Crippen molar-refractivity contribution < 1.29 is 4.92 Å². The molecule has 0 bridgehead atoms. The summed E-state index contributed by atoms with van der Waals surface area (Å²) in [4.78, 5) is 14.3. The molecule has 0 radical (unpaired) electrons. The van der Waals surface area contributed by atoms with Crippen molar-refractivity contribution in [3.05, 3.63) is 57.9 Å². The zero-order valence-electron chi connectivity index (χ0n) is 8.75. The standard InChI is InChI=1S/C12H10N2O2/c1-9(14(15)16)7-10-4-5-12-11(8-10)3-2-6-13-12/h2-8H,1H3. The first-order valence-electron chi connectivity index (χ1n) is 4.84. The van der Waals surface area contributed by atoms with E-state index in [0.29, 0.717) is 0 Å². The third kappa shape index (κ3) is 2.06. The Morgan fingerprint density at radius 1 is 1.44 bits per heavy atom. The van der Waals surface area contributed by atoms with E-state index in [-0.39, 0.29) is 5.70 Å². The van der Waals surface area contributed by atoms with Gasteiger partial charge in [-0.15, -0.1) is 0 Å². The Hall–Kier alpha value is -2.23. The molecule has 0 atom stereocenters. The Morgan fingerprint density at radius 2 is 2.25 bits per heavy atom. The molecule has 0 aliphatic carbocycles. The van der Waals surface area contributed by atoms with Crippen LogP contribution in [0.3, 0.4) is 0 Å².